The summed E-state index contributed by atoms with van der Waals surface area (Å²) in [5.74, 6) is 0.551. The standard InChI is InChI=1S/C25H29ClN6O4S/c1-16-5-7-19(8-6-16)37(35,36)32-15-18(13-27)20-21(28-23(26)29-22(20)32)30-11-9-17(10-12-30)14-31(24(33)34)25(2,3)4/h5-8,15,17H,9-12,14H2,1-4H3,(H,33,34). The van der Waals surface area contributed by atoms with Crippen LogP contribution in [0.25, 0.3) is 11.0 Å². The minimum atomic E-state index is -4.04. The summed E-state index contributed by atoms with van der Waals surface area (Å²) in [5, 5.41) is 19.7. The lowest BCUT2D eigenvalue weighted by atomic mass is 9.94. The van der Waals surface area contributed by atoms with Gasteiger partial charge < -0.3 is 14.9 Å². The van der Waals surface area contributed by atoms with Gasteiger partial charge in [0.2, 0.25) is 5.28 Å². The van der Waals surface area contributed by atoms with Gasteiger partial charge in [-0.15, -0.1) is 0 Å². The average molecular weight is 545 g/mol. The third-order valence-corrected chi connectivity index (χ3v) is 8.49. The summed E-state index contributed by atoms with van der Waals surface area (Å²) < 4.78 is 27.9. The minimum Gasteiger partial charge on any atom is -0.465 e. The van der Waals surface area contributed by atoms with Gasteiger partial charge in [-0.3, -0.25) is 0 Å². The predicted molar refractivity (Wildman–Crippen MR) is 140 cm³/mol. The molecule has 4 rings (SSSR count). The smallest absolute Gasteiger partial charge is 0.407 e. The van der Waals surface area contributed by atoms with E-state index in [2.05, 4.69) is 16.0 Å². The van der Waals surface area contributed by atoms with Crippen molar-refractivity contribution in [2.75, 3.05) is 24.5 Å². The van der Waals surface area contributed by atoms with E-state index < -0.39 is 21.7 Å². The number of piperidine rings is 1. The minimum absolute atomic E-state index is 0.0408. The van der Waals surface area contributed by atoms with E-state index in [4.69, 9.17) is 11.6 Å². The van der Waals surface area contributed by atoms with E-state index in [1.54, 1.807) is 12.1 Å². The predicted octanol–water partition coefficient (Wildman–Crippen LogP) is 4.50. The van der Waals surface area contributed by atoms with Gasteiger partial charge in [-0.2, -0.15) is 15.2 Å². The Morgan fingerprint density at radius 1 is 1.22 bits per heavy atom. The van der Waals surface area contributed by atoms with Crippen molar-refractivity contribution >= 4 is 44.6 Å². The van der Waals surface area contributed by atoms with Gasteiger partial charge in [0.25, 0.3) is 10.0 Å². The lowest BCUT2D eigenvalue weighted by molar-refractivity contribution is 0.0852. The third kappa shape index (κ3) is 5.22. The van der Waals surface area contributed by atoms with Gasteiger partial charge in [0.05, 0.1) is 15.8 Å². The number of benzene rings is 1. The molecule has 1 saturated heterocycles. The van der Waals surface area contributed by atoms with Crippen molar-refractivity contribution in [1.29, 1.82) is 5.26 Å². The Balaban J connectivity index is 1.69. The SMILES string of the molecule is Cc1ccc(S(=O)(=O)n2cc(C#N)c3c(N4CCC(CN(C(=O)O)C(C)(C)C)CC4)nc(Cl)nc32)cc1. The van der Waals surface area contributed by atoms with Crippen LogP contribution >= 0.6 is 11.6 Å². The Hall–Kier alpha value is -3.36. The average Bonchev–Trinajstić information content (AvgIpc) is 3.21. The van der Waals surface area contributed by atoms with Crippen LogP contribution in [0.2, 0.25) is 5.28 Å². The van der Waals surface area contributed by atoms with Crippen LogP contribution < -0.4 is 4.90 Å². The monoisotopic (exact) mass is 544 g/mol. The Morgan fingerprint density at radius 2 is 1.84 bits per heavy atom. The summed E-state index contributed by atoms with van der Waals surface area (Å²) in [7, 11) is -4.04. The van der Waals surface area contributed by atoms with Gasteiger partial charge in [0.1, 0.15) is 11.9 Å². The third-order valence-electron chi connectivity index (χ3n) is 6.66. The Bertz CT molecular complexity index is 1480. The van der Waals surface area contributed by atoms with Crippen LogP contribution in [0.4, 0.5) is 10.6 Å². The molecule has 0 aliphatic carbocycles. The Labute approximate surface area is 221 Å². The fourth-order valence-electron chi connectivity index (χ4n) is 4.60. The first kappa shape index (κ1) is 26.7. The van der Waals surface area contributed by atoms with Crippen LogP contribution in [-0.4, -0.2) is 63.6 Å². The Kier molecular flexibility index (Phi) is 7.10. The quantitative estimate of drug-likeness (QED) is 0.464. The van der Waals surface area contributed by atoms with E-state index in [1.807, 2.05) is 32.6 Å². The number of amides is 1. The fourth-order valence-corrected chi connectivity index (χ4v) is 6.07. The zero-order valence-electron chi connectivity index (χ0n) is 21.1. The number of nitrogens with zero attached hydrogens (tertiary/aromatic N) is 6. The number of carboxylic acid groups (broad SMARTS) is 1. The summed E-state index contributed by atoms with van der Waals surface area (Å²) in [6.07, 6.45) is 1.71. The molecule has 3 aromatic rings. The highest BCUT2D eigenvalue weighted by Crippen LogP contribution is 2.34. The molecule has 196 valence electrons. The molecule has 1 N–H and O–H groups in total. The number of anilines is 1. The number of aromatic nitrogens is 3. The lowest BCUT2D eigenvalue weighted by Gasteiger charge is -2.39. The molecule has 1 aliphatic rings. The van der Waals surface area contributed by atoms with E-state index in [1.165, 1.54) is 23.2 Å². The molecule has 0 radical (unpaired) electrons. The molecular formula is C25H29ClN6O4S. The molecule has 2 aromatic heterocycles. The second-order valence-electron chi connectivity index (χ2n) is 10.3. The molecule has 37 heavy (non-hydrogen) atoms. The van der Waals surface area contributed by atoms with Crippen molar-refractivity contribution in [1.82, 2.24) is 18.8 Å². The van der Waals surface area contributed by atoms with Crippen molar-refractivity contribution in [2.45, 2.75) is 51.0 Å². The number of aryl methyl sites for hydroxylation is 1. The van der Waals surface area contributed by atoms with Gasteiger partial charge in [-0.05, 0) is 70.2 Å². The van der Waals surface area contributed by atoms with Gasteiger partial charge in [0, 0.05) is 31.4 Å². The topological polar surface area (TPSA) is 132 Å². The summed E-state index contributed by atoms with van der Waals surface area (Å²) >= 11 is 6.26. The first-order valence-corrected chi connectivity index (χ1v) is 13.7. The number of rotatable bonds is 5. The van der Waals surface area contributed by atoms with E-state index >= 15 is 0 Å². The molecule has 1 amide bonds. The first-order chi connectivity index (χ1) is 17.3. The van der Waals surface area contributed by atoms with E-state index in [9.17, 15) is 23.6 Å². The molecule has 1 aromatic carbocycles. The van der Waals surface area contributed by atoms with Crippen molar-refractivity contribution in [3.05, 3.63) is 46.9 Å². The maximum atomic E-state index is 13.5. The summed E-state index contributed by atoms with van der Waals surface area (Å²) in [6.45, 7) is 8.98. The van der Waals surface area contributed by atoms with Crippen molar-refractivity contribution < 1.29 is 18.3 Å². The summed E-state index contributed by atoms with van der Waals surface area (Å²) in [6, 6.07) is 8.50. The number of hydrogen-bond donors (Lipinski definition) is 1. The highest BCUT2D eigenvalue weighted by Gasteiger charge is 2.32. The van der Waals surface area contributed by atoms with Crippen LogP contribution in [0.3, 0.4) is 0 Å². The number of carbonyl (C=O) groups is 1. The molecule has 0 spiro atoms. The van der Waals surface area contributed by atoms with E-state index in [0.29, 0.717) is 43.7 Å². The second-order valence-corrected chi connectivity index (χ2v) is 12.4. The molecule has 12 heteroatoms. The molecule has 1 aliphatic heterocycles. The van der Waals surface area contributed by atoms with Crippen molar-refractivity contribution in [2.24, 2.45) is 5.92 Å². The van der Waals surface area contributed by atoms with Crippen LogP contribution in [0.1, 0.15) is 44.7 Å². The zero-order valence-corrected chi connectivity index (χ0v) is 22.7. The zero-order chi connectivity index (χ0) is 27.1. The molecule has 0 bridgehead atoms. The maximum absolute atomic E-state index is 13.5. The number of fused-ring (bicyclic) bond motifs is 1. The first-order valence-electron chi connectivity index (χ1n) is 11.9. The highest BCUT2D eigenvalue weighted by molar-refractivity contribution is 7.90. The largest absolute Gasteiger partial charge is 0.465 e. The molecular weight excluding hydrogens is 516 g/mol. The summed E-state index contributed by atoms with van der Waals surface area (Å²) in [4.78, 5) is 23.8. The van der Waals surface area contributed by atoms with E-state index in [-0.39, 0.29) is 27.3 Å². The maximum Gasteiger partial charge on any atom is 0.407 e. The van der Waals surface area contributed by atoms with Crippen LogP contribution in [0, 0.1) is 24.2 Å². The number of hydrogen-bond acceptors (Lipinski definition) is 7. The number of nitriles is 1. The van der Waals surface area contributed by atoms with Crippen LogP contribution in [0.15, 0.2) is 35.4 Å². The second kappa shape index (κ2) is 9.84. The van der Waals surface area contributed by atoms with Crippen molar-refractivity contribution in [3.63, 3.8) is 0 Å². The molecule has 0 saturated carbocycles. The molecule has 0 atom stereocenters. The molecule has 10 nitrogen and oxygen atoms in total. The highest BCUT2D eigenvalue weighted by atomic mass is 35.5. The molecule has 3 heterocycles. The number of halogens is 1. The van der Waals surface area contributed by atoms with Gasteiger partial charge in [-0.25, -0.2) is 17.2 Å². The summed E-state index contributed by atoms with van der Waals surface area (Å²) in [5.41, 5.74) is 0.574. The molecule has 0 unspecified atom stereocenters. The van der Waals surface area contributed by atoms with Crippen molar-refractivity contribution in [3.8, 4) is 6.07 Å². The normalized spacial score (nSPS) is 15.1. The van der Waals surface area contributed by atoms with Gasteiger partial charge >= 0.3 is 6.09 Å². The van der Waals surface area contributed by atoms with E-state index in [0.717, 1.165) is 9.54 Å². The molecule has 1 fully saturated rings. The Morgan fingerprint density at radius 3 is 2.38 bits per heavy atom. The van der Waals surface area contributed by atoms with Gasteiger partial charge in [-0.1, -0.05) is 17.7 Å². The van der Waals surface area contributed by atoms with Crippen LogP contribution in [0.5, 0.6) is 0 Å². The van der Waals surface area contributed by atoms with Gasteiger partial charge in [0.15, 0.2) is 5.65 Å². The fraction of sp³-hybridized carbons (Fsp3) is 0.440. The lowest BCUT2D eigenvalue weighted by Crippen LogP contribution is -2.49. The van der Waals surface area contributed by atoms with Crippen LogP contribution in [-0.2, 0) is 10.0 Å².